The monoisotopic (exact) mass is 339 g/mol. The number of rotatable bonds is 6. The van der Waals surface area contributed by atoms with Gasteiger partial charge in [-0.1, -0.05) is 60.7 Å². The molecule has 1 aliphatic carbocycles. The molecule has 0 amide bonds. The van der Waals surface area contributed by atoms with E-state index in [0.29, 0.717) is 6.42 Å². The summed E-state index contributed by atoms with van der Waals surface area (Å²) >= 11 is 0. The molecule has 1 N–H and O–H groups in total. The smallest absolute Gasteiger partial charge is 0.303 e. The van der Waals surface area contributed by atoms with Crippen molar-refractivity contribution in [3.63, 3.8) is 0 Å². The fraction of sp³-hybridized carbons (Fsp3) is 0.381. The van der Waals surface area contributed by atoms with Crippen LogP contribution in [0.4, 0.5) is 0 Å². The van der Waals surface area contributed by atoms with Gasteiger partial charge in [-0.25, -0.2) is 0 Å². The van der Waals surface area contributed by atoms with Gasteiger partial charge < -0.3 is 9.84 Å². The quantitative estimate of drug-likeness (QED) is 0.822. The number of nitrogens with zero attached hydrogens (tertiary/aromatic N) is 1. The van der Waals surface area contributed by atoms with Gasteiger partial charge in [0.2, 0.25) is 0 Å². The zero-order valence-corrected chi connectivity index (χ0v) is 14.5. The van der Waals surface area contributed by atoms with Gasteiger partial charge in [-0.2, -0.15) is 0 Å². The zero-order chi connectivity index (χ0) is 17.6. The van der Waals surface area contributed by atoms with Crippen LogP contribution in [0.3, 0.4) is 0 Å². The molecule has 0 bridgehead atoms. The lowest BCUT2D eigenvalue weighted by Gasteiger charge is -2.33. The second kappa shape index (κ2) is 8.28. The minimum absolute atomic E-state index is 0.0133. The number of benzene rings is 2. The number of aliphatic hydroxyl groups is 1. The standard InChI is InChI=1S/C21H25NO3/c1-16(23)25-21-19(12-13-20(21)24)22(14-17-8-4-2-5-9-17)15-18-10-6-3-7-11-18/h2-11,19-21,24H,12-15H2,1H3/t19-,20-,21+/m1/s1. The topological polar surface area (TPSA) is 49.8 Å². The van der Waals surface area contributed by atoms with Crippen molar-refractivity contribution in [3.05, 3.63) is 71.8 Å². The van der Waals surface area contributed by atoms with Crippen molar-refractivity contribution < 1.29 is 14.6 Å². The van der Waals surface area contributed by atoms with Gasteiger partial charge in [-0.05, 0) is 24.0 Å². The van der Waals surface area contributed by atoms with Crippen LogP contribution in [0, 0.1) is 0 Å². The SMILES string of the molecule is CC(=O)O[C@@H]1[C@H](O)CC[C@H]1N(Cc1ccccc1)Cc1ccccc1. The van der Waals surface area contributed by atoms with E-state index in [1.807, 2.05) is 36.4 Å². The van der Waals surface area contributed by atoms with E-state index in [2.05, 4.69) is 29.2 Å². The number of aliphatic hydroxyl groups excluding tert-OH is 1. The van der Waals surface area contributed by atoms with E-state index in [9.17, 15) is 9.90 Å². The molecule has 1 aliphatic rings. The molecule has 4 nitrogen and oxygen atoms in total. The number of ether oxygens (including phenoxy) is 1. The highest BCUT2D eigenvalue weighted by Gasteiger charge is 2.40. The molecule has 132 valence electrons. The molecule has 2 aromatic rings. The van der Waals surface area contributed by atoms with Gasteiger partial charge in [-0.3, -0.25) is 9.69 Å². The van der Waals surface area contributed by atoms with Crippen LogP contribution in [0.5, 0.6) is 0 Å². The fourth-order valence-corrected chi connectivity index (χ4v) is 3.59. The van der Waals surface area contributed by atoms with Crippen molar-refractivity contribution >= 4 is 5.97 Å². The van der Waals surface area contributed by atoms with E-state index in [1.54, 1.807) is 0 Å². The third kappa shape index (κ3) is 4.68. The van der Waals surface area contributed by atoms with E-state index in [4.69, 9.17) is 4.74 Å². The van der Waals surface area contributed by atoms with Crippen LogP contribution in [0.25, 0.3) is 0 Å². The summed E-state index contributed by atoms with van der Waals surface area (Å²) in [6, 6.07) is 20.6. The van der Waals surface area contributed by atoms with Gasteiger partial charge in [-0.15, -0.1) is 0 Å². The van der Waals surface area contributed by atoms with E-state index >= 15 is 0 Å². The molecular formula is C21H25NO3. The average Bonchev–Trinajstić information content (AvgIpc) is 2.96. The maximum absolute atomic E-state index is 11.5. The Kier molecular flexibility index (Phi) is 5.84. The highest BCUT2D eigenvalue weighted by Crippen LogP contribution is 2.30. The summed E-state index contributed by atoms with van der Waals surface area (Å²) in [5.41, 5.74) is 2.42. The molecular weight excluding hydrogens is 314 g/mol. The molecule has 0 aromatic heterocycles. The fourth-order valence-electron chi connectivity index (χ4n) is 3.59. The summed E-state index contributed by atoms with van der Waals surface area (Å²) in [6.07, 6.45) is 0.412. The average molecular weight is 339 g/mol. The summed E-state index contributed by atoms with van der Waals surface area (Å²) in [4.78, 5) is 13.8. The van der Waals surface area contributed by atoms with Gasteiger partial charge in [0, 0.05) is 20.0 Å². The second-order valence-electron chi connectivity index (χ2n) is 6.66. The summed E-state index contributed by atoms with van der Waals surface area (Å²) in [5.74, 6) is -0.338. The molecule has 3 atom stereocenters. The van der Waals surface area contributed by atoms with Gasteiger partial charge in [0.05, 0.1) is 12.1 Å². The third-order valence-electron chi connectivity index (χ3n) is 4.74. The Balaban J connectivity index is 1.83. The first-order chi connectivity index (χ1) is 12.1. The van der Waals surface area contributed by atoms with Gasteiger partial charge in [0.1, 0.15) is 6.10 Å². The number of hydrogen-bond donors (Lipinski definition) is 1. The maximum Gasteiger partial charge on any atom is 0.303 e. The largest absolute Gasteiger partial charge is 0.458 e. The number of carbonyl (C=O) groups excluding carboxylic acids is 1. The van der Waals surface area contributed by atoms with E-state index < -0.39 is 12.2 Å². The summed E-state index contributed by atoms with van der Waals surface area (Å²) in [6.45, 7) is 2.91. The summed E-state index contributed by atoms with van der Waals surface area (Å²) in [7, 11) is 0. The number of carbonyl (C=O) groups is 1. The van der Waals surface area contributed by atoms with Crippen LogP contribution < -0.4 is 0 Å². The van der Waals surface area contributed by atoms with Crippen LogP contribution >= 0.6 is 0 Å². The van der Waals surface area contributed by atoms with Crippen LogP contribution in [-0.2, 0) is 22.6 Å². The Labute approximate surface area is 149 Å². The minimum Gasteiger partial charge on any atom is -0.458 e. The van der Waals surface area contributed by atoms with E-state index in [-0.39, 0.29) is 12.0 Å². The summed E-state index contributed by atoms with van der Waals surface area (Å²) < 4.78 is 5.46. The maximum atomic E-state index is 11.5. The first-order valence-corrected chi connectivity index (χ1v) is 8.80. The first kappa shape index (κ1) is 17.6. The molecule has 2 aromatic carbocycles. The van der Waals surface area contributed by atoms with Crippen LogP contribution in [0.2, 0.25) is 0 Å². The van der Waals surface area contributed by atoms with Crippen molar-refractivity contribution in [2.75, 3.05) is 0 Å². The molecule has 4 heteroatoms. The number of esters is 1. The Morgan fingerprint density at radius 3 is 2.00 bits per heavy atom. The molecule has 0 saturated heterocycles. The molecule has 0 radical (unpaired) electrons. The summed E-state index contributed by atoms with van der Waals surface area (Å²) in [5, 5.41) is 10.3. The van der Waals surface area contributed by atoms with Crippen molar-refractivity contribution in [2.45, 2.75) is 51.1 Å². The van der Waals surface area contributed by atoms with E-state index in [1.165, 1.54) is 18.1 Å². The van der Waals surface area contributed by atoms with Crippen molar-refractivity contribution in [1.82, 2.24) is 4.90 Å². The third-order valence-corrected chi connectivity index (χ3v) is 4.74. The van der Waals surface area contributed by atoms with Crippen molar-refractivity contribution in [3.8, 4) is 0 Å². The van der Waals surface area contributed by atoms with Crippen LogP contribution in [-0.4, -0.2) is 34.2 Å². The predicted molar refractivity (Wildman–Crippen MR) is 96.7 cm³/mol. The molecule has 0 unspecified atom stereocenters. The van der Waals surface area contributed by atoms with Crippen LogP contribution in [0.1, 0.15) is 30.9 Å². The minimum atomic E-state index is -0.594. The molecule has 0 aliphatic heterocycles. The molecule has 1 saturated carbocycles. The Morgan fingerprint density at radius 2 is 1.52 bits per heavy atom. The molecule has 1 fully saturated rings. The highest BCUT2D eigenvalue weighted by molar-refractivity contribution is 5.66. The van der Waals surface area contributed by atoms with Crippen molar-refractivity contribution in [2.24, 2.45) is 0 Å². The normalized spacial score (nSPS) is 22.9. The Hall–Kier alpha value is -2.17. The number of hydrogen-bond acceptors (Lipinski definition) is 4. The second-order valence-corrected chi connectivity index (χ2v) is 6.66. The molecule has 3 rings (SSSR count). The lowest BCUT2D eigenvalue weighted by atomic mass is 10.1. The first-order valence-electron chi connectivity index (χ1n) is 8.80. The Bertz CT molecular complexity index is 633. The highest BCUT2D eigenvalue weighted by atomic mass is 16.6. The lowest BCUT2D eigenvalue weighted by molar-refractivity contribution is -0.154. The lowest BCUT2D eigenvalue weighted by Crippen LogP contribution is -2.44. The predicted octanol–water partition coefficient (Wildman–Crippen LogP) is 3.14. The van der Waals surface area contributed by atoms with Gasteiger partial charge in [0.15, 0.2) is 0 Å². The van der Waals surface area contributed by atoms with Crippen molar-refractivity contribution in [1.29, 1.82) is 0 Å². The zero-order valence-electron chi connectivity index (χ0n) is 14.5. The van der Waals surface area contributed by atoms with E-state index in [0.717, 1.165) is 19.5 Å². The van der Waals surface area contributed by atoms with Gasteiger partial charge in [0.25, 0.3) is 0 Å². The van der Waals surface area contributed by atoms with Crippen LogP contribution in [0.15, 0.2) is 60.7 Å². The molecule has 0 heterocycles. The van der Waals surface area contributed by atoms with Gasteiger partial charge >= 0.3 is 5.97 Å². The molecule has 25 heavy (non-hydrogen) atoms. The molecule has 0 spiro atoms. The Morgan fingerprint density at radius 1 is 1.00 bits per heavy atom.